The summed E-state index contributed by atoms with van der Waals surface area (Å²) in [5.74, 6) is -3.16. The van der Waals surface area contributed by atoms with Crippen molar-refractivity contribution in [1.29, 1.82) is 0 Å². The van der Waals surface area contributed by atoms with E-state index in [4.69, 9.17) is 9.72 Å². The molecule has 236 valence electrons. The van der Waals surface area contributed by atoms with Crippen LogP contribution >= 0.6 is 11.3 Å². The lowest BCUT2D eigenvalue weighted by Gasteiger charge is -2.47. The Bertz CT molecular complexity index is 1420. The maximum atomic E-state index is 14.7. The van der Waals surface area contributed by atoms with E-state index in [2.05, 4.69) is 22.2 Å². The Kier molecular flexibility index (Phi) is 8.96. The topological polar surface area (TPSA) is 95.1 Å². The molecule has 1 aromatic carbocycles. The fourth-order valence-corrected chi connectivity index (χ4v) is 8.30. The zero-order valence-corrected chi connectivity index (χ0v) is 26.0. The molecule has 4 fully saturated rings. The van der Waals surface area contributed by atoms with E-state index in [1.54, 1.807) is 28.4 Å². The van der Waals surface area contributed by atoms with Crippen LogP contribution in [0.3, 0.4) is 0 Å². The van der Waals surface area contributed by atoms with Crippen molar-refractivity contribution >= 4 is 34.4 Å². The second kappa shape index (κ2) is 12.7. The number of carbonyl (C=O) groups is 3. The number of halogens is 2. The van der Waals surface area contributed by atoms with E-state index >= 15 is 0 Å². The smallest absolute Gasteiger partial charge is 0.253 e. The Hall–Kier alpha value is -3.06. The van der Waals surface area contributed by atoms with Crippen LogP contribution < -0.4 is 10.2 Å². The molecule has 4 heterocycles. The number of likely N-dealkylation sites (N-methyl/N-ethyl adjacent to an activating group) is 1. The SMILES string of the molecule is Cc1sc(N2CCN(C)CC2)nc1-c1ccc(C(=O)NC(C=O)(C2CCCCC2)N2CC(C(F)=CF)C3OCC(=O)C32)cc1. The molecule has 12 heteroatoms. The van der Waals surface area contributed by atoms with Crippen molar-refractivity contribution in [3.05, 3.63) is 46.9 Å². The lowest BCUT2D eigenvalue weighted by Crippen LogP contribution is -2.68. The van der Waals surface area contributed by atoms with Gasteiger partial charge in [-0.1, -0.05) is 31.4 Å². The Labute approximate surface area is 260 Å². The van der Waals surface area contributed by atoms with E-state index in [-0.39, 0.29) is 31.2 Å². The van der Waals surface area contributed by atoms with Crippen LogP contribution in [0, 0.1) is 18.8 Å². The molecule has 3 saturated heterocycles. The lowest BCUT2D eigenvalue weighted by atomic mass is 9.78. The molecule has 4 unspecified atom stereocenters. The van der Waals surface area contributed by atoms with E-state index in [1.165, 1.54) is 0 Å². The molecule has 1 amide bonds. The Morgan fingerprint density at radius 1 is 1.14 bits per heavy atom. The zero-order chi connectivity index (χ0) is 31.0. The molecule has 4 atom stereocenters. The number of rotatable bonds is 8. The number of Topliss-reactive ketones (excluding diaryl/α,β-unsaturated/α-hetero) is 1. The van der Waals surface area contributed by atoms with E-state index in [1.807, 2.05) is 19.1 Å². The molecule has 44 heavy (non-hydrogen) atoms. The van der Waals surface area contributed by atoms with Crippen LogP contribution in [0.5, 0.6) is 0 Å². The molecule has 0 bridgehead atoms. The number of nitrogens with zero attached hydrogens (tertiary/aromatic N) is 4. The second-order valence-corrected chi connectivity index (χ2v) is 13.6. The number of aromatic nitrogens is 1. The molecule has 4 aliphatic rings. The van der Waals surface area contributed by atoms with Gasteiger partial charge in [0.05, 0.1) is 17.7 Å². The van der Waals surface area contributed by atoms with Crippen LogP contribution in [0.4, 0.5) is 13.9 Å². The summed E-state index contributed by atoms with van der Waals surface area (Å²) in [5.41, 5.74) is 0.532. The summed E-state index contributed by atoms with van der Waals surface area (Å²) in [7, 11) is 2.12. The first-order valence-electron chi connectivity index (χ1n) is 15.4. The van der Waals surface area contributed by atoms with E-state index in [9.17, 15) is 23.2 Å². The van der Waals surface area contributed by atoms with Crippen molar-refractivity contribution in [3.8, 4) is 11.3 Å². The van der Waals surface area contributed by atoms with Gasteiger partial charge in [0.2, 0.25) is 0 Å². The van der Waals surface area contributed by atoms with Gasteiger partial charge in [0.25, 0.3) is 5.91 Å². The number of likely N-dealkylation sites (tertiary alicyclic amines) is 1. The van der Waals surface area contributed by atoms with E-state index in [0.717, 1.165) is 66.7 Å². The molecule has 3 aliphatic heterocycles. The van der Waals surface area contributed by atoms with Crippen molar-refractivity contribution in [1.82, 2.24) is 20.1 Å². The molecule has 1 aliphatic carbocycles. The van der Waals surface area contributed by atoms with Gasteiger partial charge in [-0.05, 0) is 38.9 Å². The number of ketones is 1. The average Bonchev–Trinajstić information content (AvgIpc) is 3.75. The number of nitrogens with one attached hydrogen (secondary N) is 1. The minimum atomic E-state index is -1.57. The summed E-state index contributed by atoms with van der Waals surface area (Å²) in [5, 5.41) is 3.98. The molecule has 9 nitrogen and oxygen atoms in total. The highest BCUT2D eigenvalue weighted by atomic mass is 32.1. The number of benzene rings is 1. The Balaban J connectivity index is 1.26. The molecule has 0 radical (unpaired) electrons. The van der Waals surface area contributed by atoms with Crippen molar-refractivity contribution in [2.75, 3.05) is 51.3 Å². The molecule has 0 spiro atoms. The maximum Gasteiger partial charge on any atom is 0.253 e. The standard InChI is InChI=1S/C32H39F2N5O4S/c1-20-27(35-31(44-20)38-14-12-37(2)13-15-38)21-8-10-22(11-9-21)30(42)36-32(19-40,23-6-4-3-5-7-23)39-17-24(25(34)16-33)29-28(39)26(41)18-43-29/h8-11,16,19,23-24,28-29H,3-7,12-15,17-18H2,1-2H3,(H,36,42). The van der Waals surface area contributed by atoms with Crippen LogP contribution in [0.25, 0.3) is 11.3 Å². The lowest BCUT2D eigenvalue weighted by molar-refractivity contribution is -0.133. The van der Waals surface area contributed by atoms with Crippen molar-refractivity contribution in [2.45, 2.75) is 56.8 Å². The first kappa shape index (κ1) is 30.9. The molecule has 6 rings (SSSR count). The number of anilines is 1. The van der Waals surface area contributed by atoms with E-state index in [0.29, 0.717) is 24.7 Å². The van der Waals surface area contributed by atoms with Gasteiger partial charge in [-0.25, -0.2) is 13.8 Å². The van der Waals surface area contributed by atoms with Crippen LogP contribution in [-0.2, 0) is 14.3 Å². The summed E-state index contributed by atoms with van der Waals surface area (Å²) in [6.45, 7) is 5.50. The second-order valence-electron chi connectivity index (χ2n) is 12.4. The van der Waals surface area contributed by atoms with Crippen molar-refractivity contribution < 1.29 is 27.9 Å². The van der Waals surface area contributed by atoms with Crippen LogP contribution in [0.2, 0.25) is 0 Å². The maximum absolute atomic E-state index is 14.7. The number of piperazine rings is 1. The molecule has 1 aromatic heterocycles. The molecule has 2 aromatic rings. The molecular weight excluding hydrogens is 588 g/mol. The highest BCUT2D eigenvalue weighted by Gasteiger charge is 2.60. The van der Waals surface area contributed by atoms with Crippen LogP contribution in [0.15, 0.2) is 36.4 Å². The number of aldehydes is 1. The molecule has 1 N–H and O–H groups in total. The minimum absolute atomic E-state index is 0.112. The average molecular weight is 628 g/mol. The summed E-state index contributed by atoms with van der Waals surface area (Å²) in [4.78, 5) is 52.2. The largest absolute Gasteiger partial charge is 0.367 e. The van der Waals surface area contributed by atoms with Gasteiger partial charge in [-0.15, -0.1) is 11.3 Å². The minimum Gasteiger partial charge on any atom is -0.367 e. The predicted molar refractivity (Wildman–Crippen MR) is 164 cm³/mol. The fourth-order valence-electron chi connectivity index (χ4n) is 7.32. The molecular formula is C32H39F2N5O4S. The molecule has 1 saturated carbocycles. The third kappa shape index (κ3) is 5.61. The first-order valence-corrected chi connectivity index (χ1v) is 16.2. The number of carbonyl (C=O) groups excluding carboxylic acids is 3. The number of aryl methyl sites for hydroxylation is 1. The summed E-state index contributed by atoms with van der Waals surface area (Å²) in [6, 6.07) is 6.17. The number of ether oxygens (including phenoxy) is 1. The zero-order valence-electron chi connectivity index (χ0n) is 25.1. The number of amides is 1. The highest BCUT2D eigenvalue weighted by Crippen LogP contribution is 2.44. The van der Waals surface area contributed by atoms with Crippen molar-refractivity contribution in [3.63, 3.8) is 0 Å². The number of thiazole rings is 1. The third-order valence-corrected chi connectivity index (χ3v) is 10.9. The summed E-state index contributed by atoms with van der Waals surface area (Å²) in [6.07, 6.45) is 3.70. The summed E-state index contributed by atoms with van der Waals surface area (Å²) < 4.78 is 33.6. The number of fused-ring (bicyclic) bond motifs is 1. The Morgan fingerprint density at radius 2 is 1.84 bits per heavy atom. The number of hydrogen-bond acceptors (Lipinski definition) is 9. The summed E-state index contributed by atoms with van der Waals surface area (Å²) >= 11 is 1.66. The van der Waals surface area contributed by atoms with Gasteiger partial charge in [0, 0.05) is 54.6 Å². The third-order valence-electron chi connectivity index (χ3n) is 9.82. The van der Waals surface area contributed by atoms with Gasteiger partial charge in [-0.2, -0.15) is 0 Å². The van der Waals surface area contributed by atoms with Gasteiger partial charge < -0.3 is 19.9 Å². The quantitative estimate of drug-likeness (QED) is 0.437. The predicted octanol–water partition coefficient (Wildman–Crippen LogP) is 4.12. The first-order chi connectivity index (χ1) is 21.3. The normalized spacial score (nSPS) is 26.9. The number of hydrogen-bond donors (Lipinski definition) is 1. The van der Waals surface area contributed by atoms with Crippen LogP contribution in [0.1, 0.15) is 47.3 Å². The van der Waals surface area contributed by atoms with Gasteiger partial charge in [0.15, 0.2) is 22.9 Å². The van der Waals surface area contributed by atoms with Gasteiger partial charge in [0.1, 0.15) is 24.8 Å². The Morgan fingerprint density at radius 3 is 2.50 bits per heavy atom. The van der Waals surface area contributed by atoms with Gasteiger partial charge in [-0.3, -0.25) is 19.3 Å². The monoisotopic (exact) mass is 627 g/mol. The fraction of sp³-hybridized carbons (Fsp3) is 0.562. The van der Waals surface area contributed by atoms with Gasteiger partial charge >= 0.3 is 0 Å². The van der Waals surface area contributed by atoms with Crippen LogP contribution in [-0.4, -0.2) is 96.9 Å². The highest BCUT2D eigenvalue weighted by molar-refractivity contribution is 7.16. The van der Waals surface area contributed by atoms with E-state index < -0.39 is 35.5 Å². The van der Waals surface area contributed by atoms with Crippen molar-refractivity contribution in [2.24, 2.45) is 11.8 Å².